The highest BCUT2D eigenvalue weighted by atomic mass is 16.3. The van der Waals surface area contributed by atoms with Gasteiger partial charge in [-0.05, 0) is 107 Å². The molecular weight excluding hydrogens is 372 g/mol. The summed E-state index contributed by atoms with van der Waals surface area (Å²) >= 11 is 0. The summed E-state index contributed by atoms with van der Waals surface area (Å²) in [5, 5.41) is 30.3. The molecule has 3 nitrogen and oxygen atoms in total. The van der Waals surface area contributed by atoms with Crippen LogP contribution in [0.4, 0.5) is 0 Å². The van der Waals surface area contributed by atoms with Gasteiger partial charge in [-0.3, -0.25) is 0 Å². The first kappa shape index (κ1) is 23.8. The molecule has 3 heteroatoms. The van der Waals surface area contributed by atoms with Crippen molar-refractivity contribution < 1.29 is 15.3 Å². The molecule has 3 N–H and O–H groups in total. The molecule has 0 aromatic heterocycles. The van der Waals surface area contributed by atoms with Gasteiger partial charge < -0.3 is 15.3 Å². The first-order chi connectivity index (χ1) is 14.0. The second-order valence-electron chi connectivity index (χ2n) is 11.3. The maximum Gasteiger partial charge on any atom is 0.0849 e. The molecule has 0 spiro atoms. The monoisotopic (exact) mass is 416 g/mol. The summed E-state index contributed by atoms with van der Waals surface area (Å²) in [5.74, 6) is 1.89. The molecule has 0 aromatic carbocycles. The van der Waals surface area contributed by atoms with Crippen LogP contribution >= 0.6 is 0 Å². The van der Waals surface area contributed by atoms with Crippen molar-refractivity contribution in [2.24, 2.45) is 23.2 Å². The Labute approximate surface area is 184 Å². The second-order valence-corrected chi connectivity index (χ2v) is 11.3. The molecule has 0 radical (unpaired) electrons. The fraction of sp³-hybridized carbons (Fsp3) is 0.778. The molecule has 0 saturated heterocycles. The highest BCUT2D eigenvalue weighted by Gasteiger charge is 2.50. The van der Waals surface area contributed by atoms with Crippen molar-refractivity contribution >= 4 is 0 Å². The van der Waals surface area contributed by atoms with Gasteiger partial charge >= 0.3 is 0 Å². The van der Waals surface area contributed by atoms with Gasteiger partial charge in [0.2, 0.25) is 0 Å². The zero-order valence-electron chi connectivity index (χ0n) is 19.7. The number of fused-ring (bicyclic) bond motifs is 1. The lowest BCUT2D eigenvalue weighted by atomic mass is 9.60. The number of allylic oxidation sites excluding steroid dienone is 4. The number of hydrogen-bond donors (Lipinski definition) is 3. The first-order valence-electron chi connectivity index (χ1n) is 12.2. The summed E-state index contributed by atoms with van der Waals surface area (Å²) in [5.41, 5.74) is 3.34. The Morgan fingerprint density at radius 1 is 1.17 bits per heavy atom. The van der Waals surface area contributed by atoms with E-state index >= 15 is 0 Å². The largest absolute Gasteiger partial charge is 0.393 e. The molecule has 0 unspecified atom stereocenters. The van der Waals surface area contributed by atoms with Crippen molar-refractivity contribution in [3.63, 3.8) is 0 Å². The van der Waals surface area contributed by atoms with Crippen molar-refractivity contribution in [1.82, 2.24) is 0 Å². The van der Waals surface area contributed by atoms with Gasteiger partial charge in [0.25, 0.3) is 0 Å². The van der Waals surface area contributed by atoms with Gasteiger partial charge in [-0.25, -0.2) is 0 Å². The minimum Gasteiger partial charge on any atom is -0.393 e. The normalized spacial score (nSPS) is 37.4. The molecule has 0 heterocycles. The SMILES string of the molecule is C=C1CC[C@H](O)C/C1=C\C=C1/CCC[C@]2(C)[C@@H]([C@H](C)CC[C@@H](O)C(C)(C)O)CC[C@@H]12. The van der Waals surface area contributed by atoms with E-state index in [1.807, 2.05) is 0 Å². The maximum atomic E-state index is 10.3. The Balaban J connectivity index is 1.69. The van der Waals surface area contributed by atoms with Gasteiger partial charge in [0.15, 0.2) is 0 Å². The topological polar surface area (TPSA) is 60.7 Å². The van der Waals surface area contributed by atoms with E-state index in [1.54, 1.807) is 19.4 Å². The van der Waals surface area contributed by atoms with Crippen LogP contribution in [0.25, 0.3) is 0 Å². The van der Waals surface area contributed by atoms with Crippen LogP contribution in [0.2, 0.25) is 0 Å². The Morgan fingerprint density at radius 3 is 2.60 bits per heavy atom. The summed E-state index contributed by atoms with van der Waals surface area (Å²) in [6, 6.07) is 0. The number of rotatable bonds is 6. The van der Waals surface area contributed by atoms with Gasteiger partial charge in [-0.1, -0.05) is 43.7 Å². The molecule has 170 valence electrons. The van der Waals surface area contributed by atoms with Crippen molar-refractivity contribution in [1.29, 1.82) is 0 Å². The zero-order chi connectivity index (χ0) is 22.1. The summed E-state index contributed by atoms with van der Waals surface area (Å²) < 4.78 is 0. The summed E-state index contributed by atoms with van der Waals surface area (Å²) in [6.45, 7) is 12.5. The fourth-order valence-corrected chi connectivity index (χ4v) is 6.58. The lowest BCUT2D eigenvalue weighted by Crippen LogP contribution is -2.38. The minimum absolute atomic E-state index is 0.215. The predicted molar refractivity (Wildman–Crippen MR) is 124 cm³/mol. The van der Waals surface area contributed by atoms with Gasteiger partial charge in [0.1, 0.15) is 0 Å². The van der Waals surface area contributed by atoms with Crippen LogP contribution in [0.3, 0.4) is 0 Å². The molecule has 3 aliphatic rings. The average molecular weight is 417 g/mol. The van der Waals surface area contributed by atoms with Crippen LogP contribution in [-0.4, -0.2) is 33.1 Å². The van der Waals surface area contributed by atoms with Crippen LogP contribution in [0.1, 0.15) is 91.9 Å². The van der Waals surface area contributed by atoms with Gasteiger partial charge in [0.05, 0.1) is 17.8 Å². The lowest BCUT2D eigenvalue weighted by Gasteiger charge is -2.44. The maximum absolute atomic E-state index is 10.3. The van der Waals surface area contributed by atoms with E-state index in [0.29, 0.717) is 29.6 Å². The molecule has 3 fully saturated rings. The summed E-state index contributed by atoms with van der Waals surface area (Å²) in [7, 11) is 0. The molecule has 0 bridgehead atoms. The van der Waals surface area contributed by atoms with Crippen LogP contribution < -0.4 is 0 Å². The van der Waals surface area contributed by atoms with E-state index in [-0.39, 0.29) is 6.10 Å². The number of aliphatic hydroxyl groups excluding tert-OH is 2. The summed E-state index contributed by atoms with van der Waals surface area (Å²) in [4.78, 5) is 0. The zero-order valence-corrected chi connectivity index (χ0v) is 19.7. The Morgan fingerprint density at radius 2 is 1.90 bits per heavy atom. The first-order valence-corrected chi connectivity index (χ1v) is 12.2. The highest BCUT2D eigenvalue weighted by molar-refractivity contribution is 5.36. The quantitative estimate of drug-likeness (QED) is 0.520. The van der Waals surface area contributed by atoms with E-state index in [1.165, 1.54) is 43.3 Å². The predicted octanol–water partition coefficient (Wildman–Crippen LogP) is 5.70. The minimum atomic E-state index is -1.02. The molecular formula is C27H44O3. The smallest absolute Gasteiger partial charge is 0.0849 e. The Hall–Kier alpha value is -0.900. The lowest BCUT2D eigenvalue weighted by molar-refractivity contribution is -0.0554. The molecule has 0 amide bonds. The number of hydrogen-bond acceptors (Lipinski definition) is 3. The van der Waals surface area contributed by atoms with Crippen molar-refractivity contribution in [3.05, 3.63) is 35.5 Å². The standard InChI is InChI=1S/C27H44O3/c1-18-8-12-22(28)17-21(18)11-10-20-7-6-16-27(5)23(13-14-24(20)27)19(2)9-15-25(29)26(3,4)30/h10-11,19,22-25,28-30H,1,6-9,12-17H2,2-5H3/b20-10+,21-11+/t19-,22+,23-,24+,25-,27-/m1/s1. The van der Waals surface area contributed by atoms with E-state index < -0.39 is 11.7 Å². The molecule has 0 aromatic rings. The van der Waals surface area contributed by atoms with Gasteiger partial charge in [-0.2, -0.15) is 0 Å². The summed E-state index contributed by atoms with van der Waals surface area (Å²) in [6.07, 6.45) is 14.1. The van der Waals surface area contributed by atoms with Crippen LogP contribution in [0.15, 0.2) is 35.5 Å². The van der Waals surface area contributed by atoms with Crippen molar-refractivity contribution in [2.45, 2.75) is 110 Å². The molecule has 3 aliphatic carbocycles. The van der Waals surface area contributed by atoms with Gasteiger partial charge in [0, 0.05) is 0 Å². The van der Waals surface area contributed by atoms with E-state index in [0.717, 1.165) is 25.7 Å². The molecule has 3 saturated carbocycles. The van der Waals surface area contributed by atoms with E-state index in [4.69, 9.17) is 0 Å². The number of aliphatic hydroxyl groups is 3. The van der Waals surface area contributed by atoms with Gasteiger partial charge in [-0.15, -0.1) is 0 Å². The molecule has 0 aliphatic heterocycles. The Bertz CT molecular complexity index is 683. The molecule has 30 heavy (non-hydrogen) atoms. The average Bonchev–Trinajstić information content (AvgIpc) is 3.03. The van der Waals surface area contributed by atoms with Crippen molar-refractivity contribution in [2.75, 3.05) is 0 Å². The third-order valence-corrected chi connectivity index (χ3v) is 8.62. The van der Waals surface area contributed by atoms with Crippen LogP contribution in [0.5, 0.6) is 0 Å². The Kier molecular flexibility index (Phi) is 7.37. The molecule has 6 atom stereocenters. The third-order valence-electron chi connectivity index (χ3n) is 8.62. The molecule has 3 rings (SSSR count). The van der Waals surface area contributed by atoms with Crippen molar-refractivity contribution in [3.8, 4) is 0 Å². The van der Waals surface area contributed by atoms with Crippen LogP contribution in [-0.2, 0) is 0 Å². The highest BCUT2D eigenvalue weighted by Crippen LogP contribution is 2.60. The van der Waals surface area contributed by atoms with E-state index in [9.17, 15) is 15.3 Å². The van der Waals surface area contributed by atoms with E-state index in [2.05, 4.69) is 32.6 Å². The third kappa shape index (κ3) is 5.11. The van der Waals surface area contributed by atoms with Crippen LogP contribution in [0, 0.1) is 23.2 Å². The second kappa shape index (κ2) is 9.30. The fourth-order valence-electron chi connectivity index (χ4n) is 6.58.